The number of nitrogens with two attached hydrogens (primary N) is 1. The van der Waals surface area contributed by atoms with E-state index in [1.165, 1.54) is 36.3 Å². The van der Waals surface area contributed by atoms with Gasteiger partial charge in [0, 0.05) is 53.0 Å². The van der Waals surface area contributed by atoms with Gasteiger partial charge in [-0.05, 0) is 48.6 Å². The monoisotopic (exact) mass is 802 g/mol. The van der Waals surface area contributed by atoms with Gasteiger partial charge in [-0.2, -0.15) is 5.10 Å². The highest BCUT2D eigenvalue weighted by molar-refractivity contribution is 6.31. The summed E-state index contributed by atoms with van der Waals surface area (Å²) in [6.45, 7) is 4.80. The van der Waals surface area contributed by atoms with E-state index in [2.05, 4.69) is 17.1 Å². The molecule has 15 nitrogen and oxygen atoms in total. The van der Waals surface area contributed by atoms with E-state index in [0.717, 1.165) is 0 Å². The van der Waals surface area contributed by atoms with Crippen LogP contribution in [-0.2, 0) is 27.2 Å². The molecule has 4 aliphatic rings. The van der Waals surface area contributed by atoms with Crippen LogP contribution in [0.1, 0.15) is 80.8 Å². The highest BCUT2D eigenvalue weighted by Crippen LogP contribution is 2.53. The molecule has 2 amide bonds. The normalized spacial score (nSPS) is 25.4. The van der Waals surface area contributed by atoms with Gasteiger partial charge in [-0.25, -0.2) is 5.43 Å². The number of benzene rings is 3. The maximum Gasteiger partial charge on any atom is 0.255 e. The van der Waals surface area contributed by atoms with E-state index in [0.29, 0.717) is 23.4 Å². The molecule has 300 valence electrons. The number of fused-ring (bicyclic) bond motifs is 3. The number of aromatic hydroxyl groups is 2. The fraction of sp³-hybridized carbons (Fsp3) is 0.341. The summed E-state index contributed by atoms with van der Waals surface area (Å²) in [7, 11) is 1.33. The van der Waals surface area contributed by atoms with E-state index in [-0.39, 0.29) is 77.2 Å². The van der Waals surface area contributed by atoms with Gasteiger partial charge in [0.25, 0.3) is 5.91 Å². The van der Waals surface area contributed by atoms with E-state index in [1.54, 1.807) is 37.3 Å². The number of nitrogens with zero attached hydrogens (tertiary/aromatic N) is 2. The number of nitrogens with one attached hydrogen (secondary N) is 1. The van der Waals surface area contributed by atoms with Gasteiger partial charge in [0.05, 0.1) is 60.9 Å². The Morgan fingerprint density at radius 2 is 1.74 bits per heavy atom. The molecular formula is C41H43ClN4O11. The average Bonchev–Trinajstić information content (AvgIpc) is 3.50. The van der Waals surface area contributed by atoms with Crippen LogP contribution in [-0.4, -0.2) is 92.2 Å². The number of ketones is 2. The number of carbonyl (C=O) groups is 4. The summed E-state index contributed by atoms with van der Waals surface area (Å²) in [4.78, 5) is 54.6. The molecule has 0 spiro atoms. The number of amides is 2. The zero-order valence-electron chi connectivity index (χ0n) is 31.1. The van der Waals surface area contributed by atoms with E-state index in [1.807, 2.05) is 0 Å². The van der Waals surface area contributed by atoms with Gasteiger partial charge >= 0.3 is 0 Å². The number of phenolic OH excluding ortho intramolecular Hbond substituents is 2. The van der Waals surface area contributed by atoms with E-state index >= 15 is 0 Å². The molecule has 1 aliphatic heterocycles. The Morgan fingerprint density at radius 1 is 1.04 bits per heavy atom. The number of halogens is 1. The van der Waals surface area contributed by atoms with Crippen LogP contribution in [0.5, 0.6) is 17.2 Å². The summed E-state index contributed by atoms with van der Waals surface area (Å²) in [6, 6.07) is 10.4. The van der Waals surface area contributed by atoms with Crippen molar-refractivity contribution in [1.82, 2.24) is 5.43 Å². The molecule has 16 heteroatoms. The molecule has 0 saturated heterocycles. The highest BCUT2D eigenvalue weighted by Gasteiger charge is 2.49. The standard InChI is InChI=1S/C41H42N4O11.ClH/c1-19-13-23(15-26(42)36(19)49)56-28-17-41(54,29(18-46)43-44-30(47)14-21-8-10-22(11-9-21)45-20(2)7-12-31(45)48)16-25-33(28)40(53)35-34(38(25)51)37(50)24-5-4-6-27(55-3)32(24)39(35)52;/h4-12,19,23,26,28,36,46,49,51,53-54H,2,13-18,42H2,1,3H3,(H,44,47);1H/b43-29+;/t19?,23?,26?,28-,36?,41-;/m0./s1. The number of phenols is 2. The van der Waals surface area contributed by atoms with Crippen molar-refractivity contribution in [1.29, 1.82) is 0 Å². The van der Waals surface area contributed by atoms with Gasteiger partial charge in [-0.3, -0.25) is 24.1 Å². The molecule has 3 aliphatic carbocycles. The minimum Gasteiger partial charge on any atom is -0.507 e. The van der Waals surface area contributed by atoms with Gasteiger partial charge < -0.3 is 40.7 Å². The predicted molar refractivity (Wildman–Crippen MR) is 209 cm³/mol. The van der Waals surface area contributed by atoms with Gasteiger partial charge in [-0.15, -0.1) is 12.4 Å². The minimum absolute atomic E-state index is 0. The molecule has 57 heavy (non-hydrogen) atoms. The molecular weight excluding hydrogens is 760 g/mol. The van der Waals surface area contributed by atoms with Crippen molar-refractivity contribution in [3.05, 3.63) is 106 Å². The molecule has 6 atom stereocenters. The van der Waals surface area contributed by atoms with E-state index in [9.17, 15) is 44.7 Å². The summed E-state index contributed by atoms with van der Waals surface area (Å²) < 4.78 is 11.9. The number of rotatable bonds is 9. The largest absolute Gasteiger partial charge is 0.507 e. The lowest BCUT2D eigenvalue weighted by atomic mass is 9.71. The summed E-state index contributed by atoms with van der Waals surface area (Å²) >= 11 is 0. The second-order valence-electron chi connectivity index (χ2n) is 14.7. The Labute approximate surface area is 333 Å². The Balaban J connectivity index is 0.00000549. The molecule has 1 heterocycles. The van der Waals surface area contributed by atoms with Crippen molar-refractivity contribution in [3.8, 4) is 17.2 Å². The molecule has 3 aromatic rings. The van der Waals surface area contributed by atoms with Crippen LogP contribution >= 0.6 is 12.4 Å². The van der Waals surface area contributed by atoms with Crippen molar-refractivity contribution in [3.63, 3.8) is 0 Å². The first-order chi connectivity index (χ1) is 26.7. The highest BCUT2D eigenvalue weighted by atomic mass is 35.5. The fourth-order valence-electron chi connectivity index (χ4n) is 8.27. The summed E-state index contributed by atoms with van der Waals surface area (Å²) in [6.07, 6.45) is -0.161. The third kappa shape index (κ3) is 7.22. The molecule has 1 fully saturated rings. The lowest BCUT2D eigenvalue weighted by Crippen LogP contribution is -2.50. The Morgan fingerprint density at radius 3 is 2.37 bits per heavy atom. The number of hydrogen-bond donors (Lipinski definition) is 7. The number of carbonyl (C=O) groups excluding carboxylic acids is 4. The zero-order chi connectivity index (χ0) is 40.2. The number of aliphatic hydroxyl groups excluding tert-OH is 2. The molecule has 0 bridgehead atoms. The van der Waals surface area contributed by atoms with Gasteiger partial charge in [0.1, 0.15) is 22.8 Å². The van der Waals surface area contributed by atoms with Gasteiger partial charge in [0.15, 0.2) is 5.78 Å². The van der Waals surface area contributed by atoms with Crippen molar-refractivity contribution in [2.45, 2.75) is 69.0 Å². The van der Waals surface area contributed by atoms with Crippen LogP contribution < -0.4 is 20.8 Å². The Kier molecular flexibility index (Phi) is 11.5. The van der Waals surface area contributed by atoms with Crippen LogP contribution in [0, 0.1) is 5.92 Å². The third-order valence-electron chi connectivity index (χ3n) is 11.1. The van der Waals surface area contributed by atoms with E-state index in [4.69, 9.17) is 15.2 Å². The first kappa shape index (κ1) is 41.2. The number of ether oxygens (including phenoxy) is 2. The fourth-order valence-corrected chi connectivity index (χ4v) is 8.27. The molecule has 7 rings (SSSR count). The number of anilines is 1. The lowest BCUT2D eigenvalue weighted by Gasteiger charge is -2.43. The molecule has 1 saturated carbocycles. The maximum atomic E-state index is 14.0. The van der Waals surface area contributed by atoms with Gasteiger partial charge in [-0.1, -0.05) is 37.8 Å². The SMILES string of the molecule is C=C1C=CC(=O)N1c1ccc(CC(=O)N/N=C(\CO)[C@]2(O)Cc3c(O)c4c(c(O)c3[C@@H](OC3CC(C)C(O)C(N)C3)C2)C(=O)c2c(OC)cccc2C4=O)cc1.Cl. The first-order valence-corrected chi connectivity index (χ1v) is 18.1. The molecule has 8 N–H and O–H groups in total. The lowest BCUT2D eigenvalue weighted by molar-refractivity contribution is -0.120. The Bertz CT molecular complexity index is 2210. The quantitative estimate of drug-likeness (QED) is 0.0735. The van der Waals surface area contributed by atoms with Crippen molar-refractivity contribution < 1.29 is 54.2 Å². The third-order valence-corrected chi connectivity index (χ3v) is 11.1. The number of hydrogen-bond acceptors (Lipinski definition) is 13. The van der Waals surface area contributed by atoms with Crippen molar-refractivity contribution in [2.24, 2.45) is 16.8 Å². The number of allylic oxidation sites excluding steroid dienone is 1. The maximum absolute atomic E-state index is 14.0. The topological polar surface area (TPSA) is 242 Å². The van der Waals surface area contributed by atoms with Crippen LogP contribution in [0.2, 0.25) is 0 Å². The summed E-state index contributed by atoms with van der Waals surface area (Å²) in [5.41, 5.74) is 6.59. The predicted octanol–water partition coefficient (Wildman–Crippen LogP) is 2.65. The molecule has 4 unspecified atom stereocenters. The number of methoxy groups -OCH3 is 1. The van der Waals surface area contributed by atoms with Crippen molar-refractivity contribution in [2.75, 3.05) is 18.6 Å². The smallest absolute Gasteiger partial charge is 0.255 e. The summed E-state index contributed by atoms with van der Waals surface area (Å²) in [5, 5.41) is 61.1. The van der Waals surface area contributed by atoms with Crippen LogP contribution in [0.4, 0.5) is 5.69 Å². The first-order valence-electron chi connectivity index (χ1n) is 18.1. The van der Waals surface area contributed by atoms with E-state index < -0.39 is 83.1 Å². The minimum atomic E-state index is -2.12. The molecule has 0 aromatic heterocycles. The van der Waals surface area contributed by atoms with Gasteiger partial charge in [0.2, 0.25) is 11.7 Å². The summed E-state index contributed by atoms with van der Waals surface area (Å²) in [5.74, 6) is -3.85. The second kappa shape index (κ2) is 15.8. The number of hydrazone groups is 1. The van der Waals surface area contributed by atoms with Crippen molar-refractivity contribution >= 4 is 47.2 Å². The number of aliphatic hydroxyl groups is 3. The van der Waals surface area contributed by atoms with Crippen LogP contribution in [0.25, 0.3) is 0 Å². The molecule has 0 radical (unpaired) electrons. The zero-order valence-corrected chi connectivity index (χ0v) is 31.9. The average molecular weight is 803 g/mol. The Hall–Kier alpha value is -5.42. The van der Waals surface area contributed by atoms with Crippen LogP contribution in [0.15, 0.2) is 72.0 Å². The molecule has 3 aromatic carbocycles. The second-order valence-corrected chi connectivity index (χ2v) is 14.7. The van der Waals surface area contributed by atoms with Crippen LogP contribution in [0.3, 0.4) is 0 Å².